The number of rotatable bonds is 6. The summed E-state index contributed by atoms with van der Waals surface area (Å²) in [4.78, 5) is 4.47. The van der Waals surface area contributed by atoms with Crippen LogP contribution in [0.2, 0.25) is 10.0 Å². The second-order valence-corrected chi connectivity index (χ2v) is 5.86. The number of hydrogen-bond acceptors (Lipinski definition) is 3. The summed E-state index contributed by atoms with van der Waals surface area (Å²) in [6, 6.07) is 9.74. The van der Waals surface area contributed by atoms with Crippen molar-refractivity contribution >= 4 is 23.2 Å². The molecule has 1 atom stereocenters. The predicted molar refractivity (Wildman–Crippen MR) is 88.6 cm³/mol. The van der Waals surface area contributed by atoms with E-state index < -0.39 is 0 Å². The van der Waals surface area contributed by atoms with Crippen LogP contribution in [0.5, 0.6) is 0 Å². The van der Waals surface area contributed by atoms with Crippen molar-refractivity contribution in [2.24, 2.45) is 5.84 Å². The predicted octanol–water partition coefficient (Wildman–Crippen LogP) is 3.57. The van der Waals surface area contributed by atoms with Gasteiger partial charge in [-0.2, -0.15) is 0 Å². The van der Waals surface area contributed by atoms with Crippen molar-refractivity contribution in [3.05, 3.63) is 63.4 Å². The van der Waals surface area contributed by atoms with Gasteiger partial charge >= 0.3 is 0 Å². The van der Waals surface area contributed by atoms with Crippen LogP contribution < -0.4 is 11.3 Å². The molecule has 3 N–H and O–H groups in total. The number of hydrazine groups is 1. The largest absolute Gasteiger partial charge is 0.271 e. The van der Waals surface area contributed by atoms with Crippen LogP contribution in [0.25, 0.3) is 0 Å². The Balaban J connectivity index is 2.05. The van der Waals surface area contributed by atoms with Gasteiger partial charge in [-0.1, -0.05) is 42.3 Å². The van der Waals surface area contributed by atoms with Gasteiger partial charge in [-0.15, -0.1) is 0 Å². The van der Waals surface area contributed by atoms with Crippen molar-refractivity contribution in [3.63, 3.8) is 0 Å². The lowest BCUT2D eigenvalue weighted by atomic mass is 10.0. The highest BCUT2D eigenvalue weighted by Gasteiger charge is 2.12. The molecular weight excluding hydrogens is 305 g/mol. The van der Waals surface area contributed by atoms with E-state index in [4.69, 9.17) is 29.0 Å². The van der Waals surface area contributed by atoms with Gasteiger partial charge in [0.15, 0.2) is 0 Å². The molecule has 0 aliphatic rings. The molecule has 21 heavy (non-hydrogen) atoms. The molecule has 1 unspecified atom stereocenters. The Kier molecular flexibility index (Phi) is 6.00. The number of benzene rings is 1. The fourth-order valence-electron chi connectivity index (χ4n) is 2.18. The molecule has 2 rings (SSSR count). The zero-order valence-corrected chi connectivity index (χ0v) is 13.5. The summed E-state index contributed by atoms with van der Waals surface area (Å²) in [5, 5.41) is 1.30. The molecule has 3 nitrogen and oxygen atoms in total. The van der Waals surface area contributed by atoms with Crippen molar-refractivity contribution in [1.82, 2.24) is 10.4 Å². The van der Waals surface area contributed by atoms with Gasteiger partial charge in [0.05, 0.1) is 0 Å². The van der Waals surface area contributed by atoms with Crippen molar-refractivity contribution < 1.29 is 0 Å². The highest BCUT2D eigenvalue weighted by molar-refractivity contribution is 6.35. The van der Waals surface area contributed by atoms with Crippen molar-refractivity contribution in [2.75, 3.05) is 0 Å². The van der Waals surface area contributed by atoms with E-state index >= 15 is 0 Å². The van der Waals surface area contributed by atoms with E-state index in [1.165, 1.54) is 5.56 Å². The first-order valence-electron chi connectivity index (χ1n) is 6.96. The second-order valence-electron chi connectivity index (χ2n) is 5.02. The van der Waals surface area contributed by atoms with E-state index in [1.807, 2.05) is 24.4 Å². The first-order chi connectivity index (χ1) is 10.1. The van der Waals surface area contributed by atoms with E-state index in [0.717, 1.165) is 30.5 Å². The summed E-state index contributed by atoms with van der Waals surface area (Å²) >= 11 is 12.1. The molecule has 5 heteroatoms. The topological polar surface area (TPSA) is 50.9 Å². The van der Waals surface area contributed by atoms with Crippen LogP contribution in [0.4, 0.5) is 0 Å². The van der Waals surface area contributed by atoms with Gasteiger partial charge in [0, 0.05) is 34.4 Å². The molecule has 0 bridgehead atoms. The summed E-state index contributed by atoms with van der Waals surface area (Å²) in [5.41, 5.74) is 6.11. The third-order valence-corrected chi connectivity index (χ3v) is 4.05. The third kappa shape index (κ3) is 4.68. The van der Waals surface area contributed by atoms with Crippen LogP contribution in [0.15, 0.2) is 36.5 Å². The minimum absolute atomic E-state index is 0.0728. The van der Waals surface area contributed by atoms with Crippen molar-refractivity contribution in [2.45, 2.75) is 32.2 Å². The summed E-state index contributed by atoms with van der Waals surface area (Å²) < 4.78 is 0. The Morgan fingerprint density at radius 3 is 2.57 bits per heavy atom. The van der Waals surface area contributed by atoms with Crippen LogP contribution >= 0.6 is 23.2 Å². The minimum Gasteiger partial charge on any atom is -0.271 e. The van der Waals surface area contributed by atoms with Gasteiger partial charge in [0.2, 0.25) is 0 Å². The zero-order valence-electron chi connectivity index (χ0n) is 11.9. The molecule has 0 spiro atoms. The third-order valence-electron chi connectivity index (χ3n) is 3.47. The number of aryl methyl sites for hydroxylation is 1. The SMILES string of the molecule is CCc1ccc(CC(Cc2ccc(Cl)cc2Cl)NN)nc1. The molecule has 112 valence electrons. The molecule has 0 saturated heterocycles. The smallest absolute Gasteiger partial charge is 0.0453 e. The molecule has 0 aliphatic carbocycles. The molecule has 0 aliphatic heterocycles. The number of pyridine rings is 1. The summed E-state index contributed by atoms with van der Waals surface area (Å²) in [5.74, 6) is 5.66. The van der Waals surface area contributed by atoms with E-state index in [1.54, 1.807) is 6.07 Å². The van der Waals surface area contributed by atoms with E-state index in [9.17, 15) is 0 Å². The molecule has 0 saturated carbocycles. The van der Waals surface area contributed by atoms with Gasteiger partial charge in [-0.05, 0) is 42.2 Å². The number of hydrogen-bond donors (Lipinski definition) is 2. The first kappa shape index (κ1) is 16.2. The fourth-order valence-corrected chi connectivity index (χ4v) is 2.67. The highest BCUT2D eigenvalue weighted by Crippen LogP contribution is 2.22. The van der Waals surface area contributed by atoms with Crippen LogP contribution in [-0.2, 0) is 19.3 Å². The average Bonchev–Trinajstić information content (AvgIpc) is 2.49. The highest BCUT2D eigenvalue weighted by atomic mass is 35.5. The zero-order chi connectivity index (χ0) is 15.2. The Bertz CT molecular complexity index is 585. The maximum Gasteiger partial charge on any atom is 0.0453 e. The standard InChI is InChI=1S/C16H19Cl2N3/c1-2-11-3-6-14(20-10-11)9-15(21-19)7-12-4-5-13(17)8-16(12)18/h3-6,8,10,15,21H,2,7,9,19H2,1H3. The van der Waals surface area contributed by atoms with Crippen molar-refractivity contribution in [1.29, 1.82) is 0 Å². The lowest BCUT2D eigenvalue weighted by Gasteiger charge is -2.16. The molecule has 0 fully saturated rings. The number of nitrogens with zero attached hydrogens (tertiary/aromatic N) is 1. The summed E-state index contributed by atoms with van der Waals surface area (Å²) in [6.07, 6.45) is 4.38. The Morgan fingerprint density at radius 1 is 1.19 bits per heavy atom. The maximum absolute atomic E-state index is 6.20. The monoisotopic (exact) mass is 323 g/mol. The number of halogens is 2. The maximum atomic E-state index is 6.20. The Labute approximate surface area is 135 Å². The average molecular weight is 324 g/mol. The molecule has 0 amide bonds. The van der Waals surface area contributed by atoms with E-state index in [-0.39, 0.29) is 6.04 Å². The van der Waals surface area contributed by atoms with Crippen molar-refractivity contribution in [3.8, 4) is 0 Å². The first-order valence-corrected chi connectivity index (χ1v) is 7.71. The lowest BCUT2D eigenvalue weighted by molar-refractivity contribution is 0.517. The fraction of sp³-hybridized carbons (Fsp3) is 0.312. The summed E-state index contributed by atoms with van der Waals surface area (Å²) in [7, 11) is 0. The lowest BCUT2D eigenvalue weighted by Crippen LogP contribution is -2.38. The van der Waals surface area contributed by atoms with Gasteiger partial charge in [0.1, 0.15) is 0 Å². The van der Waals surface area contributed by atoms with E-state index in [0.29, 0.717) is 10.0 Å². The summed E-state index contributed by atoms with van der Waals surface area (Å²) in [6.45, 7) is 2.11. The number of nitrogens with one attached hydrogen (secondary N) is 1. The molecule has 1 aromatic heterocycles. The normalized spacial score (nSPS) is 12.4. The van der Waals surface area contributed by atoms with Crippen LogP contribution in [0.1, 0.15) is 23.7 Å². The van der Waals surface area contributed by atoms with Gasteiger partial charge < -0.3 is 0 Å². The molecule has 0 radical (unpaired) electrons. The van der Waals surface area contributed by atoms with Gasteiger partial charge in [-0.25, -0.2) is 0 Å². The molecule has 2 aromatic rings. The van der Waals surface area contributed by atoms with Crippen LogP contribution in [0.3, 0.4) is 0 Å². The van der Waals surface area contributed by atoms with Crippen LogP contribution in [-0.4, -0.2) is 11.0 Å². The Hall–Kier alpha value is -1.13. The Morgan fingerprint density at radius 2 is 2.00 bits per heavy atom. The van der Waals surface area contributed by atoms with Crippen LogP contribution in [0, 0.1) is 0 Å². The van der Waals surface area contributed by atoms with Gasteiger partial charge in [0.25, 0.3) is 0 Å². The molecular formula is C16H19Cl2N3. The van der Waals surface area contributed by atoms with E-state index in [2.05, 4.69) is 23.4 Å². The number of aromatic nitrogens is 1. The number of nitrogens with two attached hydrogens (primary N) is 1. The second kappa shape index (κ2) is 7.76. The quantitative estimate of drug-likeness (QED) is 0.631. The minimum atomic E-state index is 0.0728. The molecule has 1 heterocycles. The molecule has 1 aromatic carbocycles. The van der Waals surface area contributed by atoms with Gasteiger partial charge in [-0.3, -0.25) is 16.3 Å².